The summed E-state index contributed by atoms with van der Waals surface area (Å²) in [5.74, 6) is 1.10. The number of ether oxygens (including phenoxy) is 1. The second kappa shape index (κ2) is 10.1. The minimum absolute atomic E-state index is 0.00945. The summed E-state index contributed by atoms with van der Waals surface area (Å²) in [6.45, 7) is 5.54. The summed E-state index contributed by atoms with van der Waals surface area (Å²) in [6, 6.07) is 11.8. The number of benzene rings is 1. The summed E-state index contributed by atoms with van der Waals surface area (Å²) in [4.78, 5) is 10.2. The maximum absolute atomic E-state index is 9.04. The molecule has 148 valence electrons. The number of aromatic nitrogens is 3. The first kappa shape index (κ1) is 20.9. The van der Waals surface area contributed by atoms with Crippen LogP contribution in [0.25, 0.3) is 0 Å². The van der Waals surface area contributed by atoms with E-state index < -0.39 is 0 Å². The number of aliphatic hydroxyl groups is 1. The molecule has 0 amide bonds. The maximum Gasteiger partial charge on any atom is 0.136 e. The molecule has 7 heteroatoms. The third-order valence-corrected chi connectivity index (χ3v) is 5.46. The Morgan fingerprint density at radius 1 is 1.25 bits per heavy atom. The molecule has 1 aromatic carbocycles. The standard InChI is InChI=1S/C21H24ClN3O2S/c1-15(2)20-21(28-18-7-3-6-17(22)11-18)25(13-16-5-4-8-23-12-16)19(24-20)14-27-10-9-26/h3-8,11-12,15,26H,9-10,13-14H2,1-2H3. The zero-order valence-electron chi connectivity index (χ0n) is 16.0. The molecular formula is C21H24ClN3O2S. The second-order valence-corrected chi connectivity index (χ2v) is 8.15. The second-order valence-electron chi connectivity index (χ2n) is 6.66. The molecule has 0 fully saturated rings. The molecule has 0 saturated carbocycles. The predicted octanol–water partition coefficient (Wildman–Crippen LogP) is 4.76. The van der Waals surface area contributed by atoms with Gasteiger partial charge in [0.05, 0.1) is 25.5 Å². The number of nitrogens with zero attached hydrogens (tertiary/aromatic N) is 3. The van der Waals surface area contributed by atoms with Gasteiger partial charge in [-0.25, -0.2) is 4.98 Å². The Balaban J connectivity index is 2.02. The molecule has 0 atom stereocenters. The average Bonchev–Trinajstić information content (AvgIpc) is 3.01. The lowest BCUT2D eigenvalue weighted by molar-refractivity contribution is 0.0759. The van der Waals surface area contributed by atoms with Gasteiger partial charge in [-0.15, -0.1) is 0 Å². The van der Waals surface area contributed by atoms with E-state index in [1.807, 2.05) is 42.6 Å². The highest BCUT2D eigenvalue weighted by molar-refractivity contribution is 7.99. The first-order chi connectivity index (χ1) is 13.6. The van der Waals surface area contributed by atoms with Gasteiger partial charge in [0, 0.05) is 22.3 Å². The molecule has 0 aliphatic carbocycles. The number of imidazole rings is 1. The van der Waals surface area contributed by atoms with Gasteiger partial charge in [-0.1, -0.05) is 49.3 Å². The number of hydrogen-bond donors (Lipinski definition) is 1. The van der Waals surface area contributed by atoms with Gasteiger partial charge in [-0.3, -0.25) is 4.98 Å². The molecule has 0 radical (unpaired) electrons. The van der Waals surface area contributed by atoms with Crippen LogP contribution in [-0.2, 0) is 17.9 Å². The molecule has 0 spiro atoms. The van der Waals surface area contributed by atoms with Crippen molar-refractivity contribution in [1.29, 1.82) is 0 Å². The van der Waals surface area contributed by atoms with Crippen molar-refractivity contribution < 1.29 is 9.84 Å². The minimum Gasteiger partial charge on any atom is -0.394 e. The summed E-state index contributed by atoms with van der Waals surface area (Å²) in [5, 5.41) is 10.8. The maximum atomic E-state index is 9.04. The fourth-order valence-corrected chi connectivity index (χ4v) is 4.28. The van der Waals surface area contributed by atoms with Crippen molar-refractivity contribution in [3.63, 3.8) is 0 Å². The minimum atomic E-state index is -0.00945. The summed E-state index contributed by atoms with van der Waals surface area (Å²) < 4.78 is 7.76. The summed E-state index contributed by atoms with van der Waals surface area (Å²) in [5.41, 5.74) is 2.11. The fraction of sp³-hybridized carbons (Fsp3) is 0.333. The highest BCUT2D eigenvalue weighted by atomic mass is 35.5. The zero-order valence-corrected chi connectivity index (χ0v) is 17.6. The van der Waals surface area contributed by atoms with Crippen molar-refractivity contribution in [2.45, 2.75) is 42.8 Å². The molecular weight excluding hydrogens is 394 g/mol. The molecule has 0 saturated heterocycles. The third kappa shape index (κ3) is 5.35. The molecule has 0 aliphatic heterocycles. The van der Waals surface area contributed by atoms with Crippen LogP contribution in [0.15, 0.2) is 58.7 Å². The van der Waals surface area contributed by atoms with E-state index in [9.17, 15) is 0 Å². The zero-order chi connectivity index (χ0) is 19.9. The Hall–Kier alpha value is -1.86. The van der Waals surface area contributed by atoms with Crippen LogP contribution in [0.4, 0.5) is 0 Å². The molecule has 2 aromatic heterocycles. The van der Waals surface area contributed by atoms with E-state index in [1.54, 1.807) is 18.0 Å². The van der Waals surface area contributed by atoms with Crippen molar-refractivity contribution in [1.82, 2.24) is 14.5 Å². The van der Waals surface area contributed by atoms with Gasteiger partial charge < -0.3 is 14.4 Å². The number of hydrogen-bond acceptors (Lipinski definition) is 5. The Kier molecular flexibility index (Phi) is 7.50. The molecule has 0 unspecified atom stereocenters. The van der Waals surface area contributed by atoms with Gasteiger partial charge in [0.25, 0.3) is 0 Å². The number of aliphatic hydroxyl groups excluding tert-OH is 1. The van der Waals surface area contributed by atoms with Crippen LogP contribution in [0.2, 0.25) is 5.02 Å². The largest absolute Gasteiger partial charge is 0.394 e. The first-order valence-electron chi connectivity index (χ1n) is 9.18. The number of halogens is 1. The van der Waals surface area contributed by atoms with Gasteiger partial charge in [0.2, 0.25) is 0 Å². The number of rotatable bonds is 9. The highest BCUT2D eigenvalue weighted by Crippen LogP contribution is 2.36. The quantitative estimate of drug-likeness (QED) is 0.508. The molecule has 3 aromatic rings. The Morgan fingerprint density at radius 3 is 2.79 bits per heavy atom. The lowest BCUT2D eigenvalue weighted by Gasteiger charge is -2.13. The molecule has 0 bridgehead atoms. The van der Waals surface area contributed by atoms with E-state index in [0.29, 0.717) is 18.2 Å². The smallest absolute Gasteiger partial charge is 0.136 e. The van der Waals surface area contributed by atoms with Crippen molar-refractivity contribution in [3.05, 3.63) is 70.9 Å². The highest BCUT2D eigenvalue weighted by Gasteiger charge is 2.21. The van der Waals surface area contributed by atoms with E-state index in [1.165, 1.54) is 0 Å². The summed E-state index contributed by atoms with van der Waals surface area (Å²) in [6.07, 6.45) is 3.63. The van der Waals surface area contributed by atoms with Crippen LogP contribution in [0.1, 0.15) is 36.8 Å². The van der Waals surface area contributed by atoms with E-state index >= 15 is 0 Å². The van der Waals surface area contributed by atoms with Gasteiger partial charge in [-0.2, -0.15) is 0 Å². The van der Waals surface area contributed by atoms with Crippen LogP contribution in [0.3, 0.4) is 0 Å². The van der Waals surface area contributed by atoms with Crippen LogP contribution in [0, 0.1) is 0 Å². The Labute approximate surface area is 174 Å². The van der Waals surface area contributed by atoms with Gasteiger partial charge in [-0.05, 0) is 35.7 Å². The lowest BCUT2D eigenvalue weighted by Crippen LogP contribution is -2.09. The van der Waals surface area contributed by atoms with Gasteiger partial charge >= 0.3 is 0 Å². The monoisotopic (exact) mass is 417 g/mol. The molecule has 2 heterocycles. The topological polar surface area (TPSA) is 60.2 Å². The lowest BCUT2D eigenvalue weighted by atomic mass is 10.1. The predicted molar refractivity (Wildman–Crippen MR) is 112 cm³/mol. The summed E-state index contributed by atoms with van der Waals surface area (Å²) >= 11 is 7.84. The fourth-order valence-electron chi connectivity index (χ4n) is 2.80. The van der Waals surface area contributed by atoms with Crippen molar-refractivity contribution in [2.75, 3.05) is 13.2 Å². The van der Waals surface area contributed by atoms with Crippen LogP contribution in [0.5, 0.6) is 0 Å². The first-order valence-corrected chi connectivity index (χ1v) is 10.4. The van der Waals surface area contributed by atoms with E-state index in [0.717, 1.165) is 27.0 Å². The van der Waals surface area contributed by atoms with Gasteiger partial charge in [0.15, 0.2) is 0 Å². The molecule has 5 nitrogen and oxygen atoms in total. The van der Waals surface area contributed by atoms with Crippen LogP contribution >= 0.6 is 23.4 Å². The summed E-state index contributed by atoms with van der Waals surface area (Å²) in [7, 11) is 0. The van der Waals surface area contributed by atoms with E-state index in [4.69, 9.17) is 26.4 Å². The Bertz CT molecular complexity index is 900. The number of pyridine rings is 1. The Morgan fingerprint density at radius 2 is 2.11 bits per heavy atom. The van der Waals surface area contributed by atoms with Crippen molar-refractivity contribution >= 4 is 23.4 Å². The van der Waals surface area contributed by atoms with Gasteiger partial charge in [0.1, 0.15) is 17.5 Å². The molecule has 28 heavy (non-hydrogen) atoms. The van der Waals surface area contributed by atoms with Crippen molar-refractivity contribution in [2.24, 2.45) is 0 Å². The third-order valence-electron chi connectivity index (χ3n) is 4.11. The van der Waals surface area contributed by atoms with Crippen LogP contribution < -0.4 is 0 Å². The van der Waals surface area contributed by atoms with E-state index in [-0.39, 0.29) is 19.1 Å². The average molecular weight is 418 g/mol. The van der Waals surface area contributed by atoms with Crippen LogP contribution in [-0.4, -0.2) is 32.9 Å². The molecule has 0 aliphatic rings. The molecule has 1 N–H and O–H groups in total. The van der Waals surface area contributed by atoms with E-state index in [2.05, 4.69) is 23.4 Å². The SMILES string of the molecule is CC(C)c1nc(COCCO)n(Cc2cccnc2)c1Sc1cccc(Cl)c1. The van der Waals surface area contributed by atoms with Crippen molar-refractivity contribution in [3.8, 4) is 0 Å². The normalized spacial score (nSPS) is 11.3. The molecule has 3 rings (SSSR count).